The Morgan fingerprint density at radius 3 is 2.32 bits per heavy atom. The average Bonchev–Trinajstić information content (AvgIpc) is 2.83. The fourth-order valence-corrected chi connectivity index (χ4v) is 3.27. The minimum absolute atomic E-state index is 0.00118. The van der Waals surface area contributed by atoms with Crippen molar-refractivity contribution in [2.24, 2.45) is 0 Å². The van der Waals surface area contributed by atoms with Crippen LogP contribution in [0.3, 0.4) is 0 Å². The molecule has 0 aliphatic carbocycles. The van der Waals surface area contributed by atoms with Crippen molar-refractivity contribution >= 4 is 16.8 Å². The van der Waals surface area contributed by atoms with Gasteiger partial charge in [-0.25, -0.2) is 0 Å². The number of ketones is 1. The van der Waals surface area contributed by atoms with Crippen LogP contribution < -0.4 is 19.6 Å². The normalized spacial score (nSPS) is 10.6. The summed E-state index contributed by atoms with van der Waals surface area (Å²) in [5.41, 5.74) is 1.17. The molecule has 0 bridgehead atoms. The zero-order valence-corrected chi connectivity index (χ0v) is 17.1. The summed E-state index contributed by atoms with van der Waals surface area (Å²) < 4.78 is 22.2. The Hall–Kier alpha value is -4.06. The Morgan fingerprint density at radius 2 is 1.58 bits per heavy atom. The molecule has 1 aromatic heterocycles. The van der Waals surface area contributed by atoms with Gasteiger partial charge in [0, 0.05) is 11.1 Å². The number of carbonyl (C=O) groups excluding carboxylic acids is 1. The molecule has 0 amide bonds. The Bertz CT molecular complexity index is 1290. The van der Waals surface area contributed by atoms with Crippen molar-refractivity contribution in [2.75, 3.05) is 20.8 Å². The first-order chi connectivity index (χ1) is 15.1. The zero-order chi connectivity index (χ0) is 21.8. The second-order valence-corrected chi connectivity index (χ2v) is 6.73. The van der Waals surface area contributed by atoms with Crippen LogP contribution in [0.25, 0.3) is 22.3 Å². The second-order valence-electron chi connectivity index (χ2n) is 6.73. The molecule has 156 valence electrons. The Morgan fingerprint density at radius 1 is 0.871 bits per heavy atom. The van der Waals surface area contributed by atoms with Crippen LogP contribution in [0.5, 0.6) is 17.2 Å². The molecule has 0 fully saturated rings. The number of hydrogen-bond donors (Lipinski definition) is 0. The number of rotatable bonds is 7. The SMILES string of the molecule is COc1ccc(C(=O)COc2c(-c3ccccc3)oc3ccccc3c2=O)cc1OC. The van der Waals surface area contributed by atoms with Gasteiger partial charge >= 0.3 is 0 Å². The lowest BCUT2D eigenvalue weighted by Gasteiger charge is -2.12. The molecule has 0 radical (unpaired) electrons. The highest BCUT2D eigenvalue weighted by Crippen LogP contribution is 2.31. The van der Waals surface area contributed by atoms with E-state index in [-0.39, 0.29) is 29.3 Å². The molecule has 3 aromatic carbocycles. The molecule has 1 heterocycles. The Balaban J connectivity index is 1.70. The Kier molecular flexibility index (Phi) is 5.71. The minimum atomic E-state index is -0.335. The molecule has 0 aliphatic rings. The van der Waals surface area contributed by atoms with E-state index in [9.17, 15) is 9.59 Å². The fourth-order valence-electron chi connectivity index (χ4n) is 3.27. The summed E-state index contributed by atoms with van der Waals surface area (Å²) in [6.07, 6.45) is 0. The molecule has 0 atom stereocenters. The van der Waals surface area contributed by atoms with Gasteiger partial charge in [0.2, 0.25) is 11.2 Å². The van der Waals surface area contributed by atoms with Crippen LogP contribution in [-0.2, 0) is 0 Å². The summed E-state index contributed by atoms with van der Waals surface area (Å²) in [4.78, 5) is 25.9. The lowest BCUT2D eigenvalue weighted by Crippen LogP contribution is -2.17. The molecule has 0 aliphatic heterocycles. The topological polar surface area (TPSA) is 75.0 Å². The zero-order valence-electron chi connectivity index (χ0n) is 17.1. The standard InChI is InChI=1S/C25H20O6/c1-28-21-13-12-17(14-22(21)29-2)19(26)15-30-25-23(27)18-10-6-7-11-20(18)31-24(25)16-8-4-3-5-9-16/h3-14H,15H2,1-2H3. The monoisotopic (exact) mass is 416 g/mol. The van der Waals surface area contributed by atoms with E-state index in [1.165, 1.54) is 14.2 Å². The van der Waals surface area contributed by atoms with Crippen LogP contribution in [0.1, 0.15) is 10.4 Å². The number of hydrogen-bond acceptors (Lipinski definition) is 6. The van der Waals surface area contributed by atoms with E-state index in [0.717, 1.165) is 0 Å². The smallest absolute Gasteiger partial charge is 0.235 e. The van der Waals surface area contributed by atoms with E-state index in [2.05, 4.69) is 0 Å². The molecule has 6 heteroatoms. The van der Waals surface area contributed by atoms with Gasteiger partial charge in [-0.05, 0) is 30.3 Å². The first-order valence-corrected chi connectivity index (χ1v) is 9.61. The van der Waals surface area contributed by atoms with Gasteiger partial charge in [-0.3, -0.25) is 9.59 Å². The van der Waals surface area contributed by atoms with Gasteiger partial charge in [-0.2, -0.15) is 0 Å². The van der Waals surface area contributed by atoms with E-state index in [4.69, 9.17) is 18.6 Å². The molecular formula is C25H20O6. The number of methoxy groups -OCH3 is 2. The maximum Gasteiger partial charge on any atom is 0.235 e. The predicted molar refractivity (Wildman–Crippen MR) is 117 cm³/mol. The lowest BCUT2D eigenvalue weighted by molar-refractivity contribution is 0.0920. The third-order valence-electron chi connectivity index (χ3n) is 4.85. The van der Waals surface area contributed by atoms with Crippen molar-refractivity contribution in [3.05, 3.63) is 88.6 Å². The molecular weight excluding hydrogens is 396 g/mol. The van der Waals surface area contributed by atoms with Crippen molar-refractivity contribution in [1.29, 1.82) is 0 Å². The summed E-state index contributed by atoms with van der Waals surface area (Å²) in [5.74, 6) is 0.917. The van der Waals surface area contributed by atoms with Crippen molar-refractivity contribution in [1.82, 2.24) is 0 Å². The lowest BCUT2D eigenvalue weighted by atomic mass is 10.1. The number of ether oxygens (including phenoxy) is 3. The van der Waals surface area contributed by atoms with E-state index < -0.39 is 0 Å². The third-order valence-corrected chi connectivity index (χ3v) is 4.85. The quantitative estimate of drug-likeness (QED) is 0.405. The third kappa shape index (κ3) is 4.00. The van der Waals surface area contributed by atoms with Crippen molar-refractivity contribution < 1.29 is 23.4 Å². The summed E-state index contributed by atoms with van der Waals surface area (Å²) in [5, 5.41) is 0.385. The number of Topliss-reactive ketones (excluding diaryl/α,β-unsaturated/α-hetero) is 1. The van der Waals surface area contributed by atoms with Crippen LogP contribution >= 0.6 is 0 Å². The predicted octanol–water partition coefficient (Wildman–Crippen LogP) is 4.74. The molecule has 0 saturated carbocycles. The van der Waals surface area contributed by atoms with Crippen molar-refractivity contribution in [3.8, 4) is 28.6 Å². The molecule has 6 nitrogen and oxygen atoms in total. The largest absolute Gasteiger partial charge is 0.493 e. The average molecular weight is 416 g/mol. The highest BCUT2D eigenvalue weighted by molar-refractivity contribution is 5.98. The first kappa shape index (κ1) is 20.2. The molecule has 0 N–H and O–H groups in total. The van der Waals surface area contributed by atoms with Crippen LogP contribution in [0, 0.1) is 0 Å². The van der Waals surface area contributed by atoms with E-state index in [1.807, 2.05) is 30.3 Å². The van der Waals surface area contributed by atoms with E-state index >= 15 is 0 Å². The van der Waals surface area contributed by atoms with Gasteiger partial charge in [0.15, 0.2) is 29.6 Å². The van der Waals surface area contributed by atoms with Gasteiger partial charge in [0.25, 0.3) is 0 Å². The fraction of sp³-hybridized carbons (Fsp3) is 0.120. The van der Waals surface area contributed by atoms with Crippen molar-refractivity contribution in [2.45, 2.75) is 0 Å². The van der Waals surface area contributed by atoms with Gasteiger partial charge in [0.1, 0.15) is 5.58 Å². The maximum absolute atomic E-state index is 13.1. The summed E-state index contributed by atoms with van der Waals surface area (Å²) in [6.45, 7) is -0.335. The molecule has 4 rings (SSSR count). The first-order valence-electron chi connectivity index (χ1n) is 9.61. The van der Waals surface area contributed by atoms with Gasteiger partial charge in [-0.15, -0.1) is 0 Å². The van der Waals surface area contributed by atoms with Crippen LogP contribution in [0.2, 0.25) is 0 Å². The summed E-state index contributed by atoms with van der Waals surface area (Å²) in [6, 6.07) is 20.9. The molecule has 31 heavy (non-hydrogen) atoms. The molecule has 4 aromatic rings. The molecule has 0 saturated heterocycles. The molecule has 0 spiro atoms. The van der Waals surface area contributed by atoms with Crippen LogP contribution in [-0.4, -0.2) is 26.6 Å². The van der Waals surface area contributed by atoms with E-state index in [0.29, 0.717) is 33.6 Å². The second kappa shape index (κ2) is 8.75. The number of carbonyl (C=O) groups is 1. The van der Waals surface area contributed by atoms with Crippen LogP contribution in [0.4, 0.5) is 0 Å². The van der Waals surface area contributed by atoms with Gasteiger partial charge < -0.3 is 18.6 Å². The summed E-state index contributed by atoms with van der Waals surface area (Å²) >= 11 is 0. The van der Waals surface area contributed by atoms with Gasteiger partial charge in [0.05, 0.1) is 19.6 Å². The van der Waals surface area contributed by atoms with Crippen molar-refractivity contribution in [3.63, 3.8) is 0 Å². The van der Waals surface area contributed by atoms with E-state index in [1.54, 1.807) is 42.5 Å². The number of benzene rings is 3. The number of para-hydroxylation sites is 1. The maximum atomic E-state index is 13.1. The highest BCUT2D eigenvalue weighted by Gasteiger charge is 2.19. The van der Waals surface area contributed by atoms with Gasteiger partial charge in [-0.1, -0.05) is 42.5 Å². The Labute approximate surface area is 178 Å². The van der Waals surface area contributed by atoms with Crippen LogP contribution in [0.15, 0.2) is 82.0 Å². The number of fused-ring (bicyclic) bond motifs is 1. The summed E-state index contributed by atoms with van der Waals surface area (Å²) in [7, 11) is 3.02. The highest BCUT2D eigenvalue weighted by atomic mass is 16.5. The molecule has 0 unspecified atom stereocenters. The minimum Gasteiger partial charge on any atom is -0.493 e.